The van der Waals surface area contributed by atoms with E-state index in [0.29, 0.717) is 0 Å². The third-order valence-electron chi connectivity index (χ3n) is 4.90. The summed E-state index contributed by atoms with van der Waals surface area (Å²) in [5, 5.41) is 2.59. The van der Waals surface area contributed by atoms with Crippen molar-refractivity contribution in [1.82, 2.24) is 5.32 Å². The maximum Gasteiger partial charge on any atom is 0.337 e. The van der Waals surface area contributed by atoms with E-state index in [1.807, 2.05) is 0 Å². The first-order valence-electron chi connectivity index (χ1n) is 10.8. The van der Waals surface area contributed by atoms with E-state index < -0.39 is 60.4 Å². The lowest BCUT2D eigenvalue weighted by Gasteiger charge is -2.44. The molecule has 0 saturated carbocycles. The number of methoxy groups -OCH3 is 2. The molecule has 0 radical (unpaired) electrons. The van der Waals surface area contributed by atoms with Crippen molar-refractivity contribution in [2.24, 2.45) is 0 Å². The first-order chi connectivity index (χ1) is 17.0. The van der Waals surface area contributed by atoms with Crippen LogP contribution in [0.4, 0.5) is 0 Å². The summed E-state index contributed by atoms with van der Waals surface area (Å²) in [7, 11) is 2.57. The van der Waals surface area contributed by atoms with Crippen molar-refractivity contribution >= 4 is 29.8 Å². The van der Waals surface area contributed by atoms with Crippen LogP contribution < -0.4 is 14.8 Å². The second-order valence-electron chi connectivity index (χ2n) is 7.69. The van der Waals surface area contributed by atoms with Gasteiger partial charge in [0.05, 0.1) is 19.8 Å². The SMILES string of the molecule is COC(=O)c1ccc(O[C@@H]2O[C@H](COC(C)=O)[C@H](OC(C)=O)[C@@H](OC(C)=O)[C@@H]2NC(C)=O)c(OC)c1. The van der Waals surface area contributed by atoms with Gasteiger partial charge in [-0.05, 0) is 18.2 Å². The van der Waals surface area contributed by atoms with E-state index >= 15 is 0 Å². The summed E-state index contributed by atoms with van der Waals surface area (Å²) >= 11 is 0. The molecule has 1 N–H and O–H groups in total. The summed E-state index contributed by atoms with van der Waals surface area (Å²) in [5.41, 5.74) is 0.185. The summed E-state index contributed by atoms with van der Waals surface area (Å²) in [6.45, 7) is 4.29. The minimum Gasteiger partial charge on any atom is -0.493 e. The predicted molar refractivity (Wildman–Crippen MR) is 119 cm³/mol. The van der Waals surface area contributed by atoms with Gasteiger partial charge >= 0.3 is 23.9 Å². The van der Waals surface area contributed by atoms with Crippen molar-refractivity contribution in [2.45, 2.75) is 58.3 Å². The molecule has 0 bridgehead atoms. The van der Waals surface area contributed by atoms with Crippen LogP contribution in [-0.4, -0.2) is 81.3 Å². The Morgan fingerprint density at radius 3 is 2.06 bits per heavy atom. The molecule has 1 saturated heterocycles. The van der Waals surface area contributed by atoms with Crippen LogP contribution in [0, 0.1) is 0 Å². The van der Waals surface area contributed by atoms with Gasteiger partial charge in [0.25, 0.3) is 0 Å². The number of esters is 4. The molecule has 13 heteroatoms. The van der Waals surface area contributed by atoms with Crippen LogP contribution in [0.25, 0.3) is 0 Å². The number of ether oxygens (including phenoxy) is 7. The van der Waals surface area contributed by atoms with Gasteiger partial charge in [0, 0.05) is 27.7 Å². The molecular weight excluding hydrogens is 482 g/mol. The highest BCUT2D eigenvalue weighted by molar-refractivity contribution is 5.90. The second kappa shape index (κ2) is 12.7. The van der Waals surface area contributed by atoms with Crippen molar-refractivity contribution < 1.29 is 57.1 Å². The van der Waals surface area contributed by atoms with Crippen LogP contribution in [0.5, 0.6) is 11.5 Å². The van der Waals surface area contributed by atoms with E-state index in [1.165, 1.54) is 46.3 Å². The zero-order valence-electron chi connectivity index (χ0n) is 20.7. The van der Waals surface area contributed by atoms with Crippen LogP contribution in [0.2, 0.25) is 0 Å². The van der Waals surface area contributed by atoms with Crippen molar-refractivity contribution in [3.8, 4) is 11.5 Å². The lowest BCUT2D eigenvalue weighted by Crippen LogP contribution is -2.67. The molecule has 198 valence electrons. The first kappa shape index (κ1) is 28.4. The van der Waals surface area contributed by atoms with Crippen LogP contribution in [0.15, 0.2) is 18.2 Å². The molecule has 1 amide bonds. The molecule has 1 aliphatic heterocycles. The zero-order valence-corrected chi connectivity index (χ0v) is 20.7. The van der Waals surface area contributed by atoms with Gasteiger partial charge in [0.15, 0.2) is 23.7 Å². The van der Waals surface area contributed by atoms with E-state index in [4.69, 9.17) is 33.2 Å². The monoisotopic (exact) mass is 511 g/mol. The first-order valence-corrected chi connectivity index (χ1v) is 10.8. The highest BCUT2D eigenvalue weighted by Gasteiger charge is 2.52. The predicted octanol–water partition coefficient (Wildman–Crippen LogP) is 0.517. The van der Waals surface area contributed by atoms with Crippen molar-refractivity contribution in [3.63, 3.8) is 0 Å². The third-order valence-corrected chi connectivity index (χ3v) is 4.90. The van der Waals surface area contributed by atoms with E-state index in [1.54, 1.807) is 0 Å². The topological polar surface area (TPSA) is 162 Å². The maximum absolute atomic E-state index is 12.0. The maximum atomic E-state index is 12.0. The number of carbonyl (C=O) groups is 5. The third kappa shape index (κ3) is 7.57. The smallest absolute Gasteiger partial charge is 0.337 e. The minimum absolute atomic E-state index is 0.101. The van der Waals surface area contributed by atoms with Gasteiger partial charge < -0.3 is 38.5 Å². The molecule has 36 heavy (non-hydrogen) atoms. The van der Waals surface area contributed by atoms with Crippen LogP contribution in [-0.2, 0) is 42.9 Å². The number of hydrogen-bond acceptors (Lipinski definition) is 12. The molecule has 1 fully saturated rings. The minimum atomic E-state index is -1.34. The Hall–Kier alpha value is -3.87. The summed E-state index contributed by atoms with van der Waals surface area (Å²) in [5.74, 6) is -3.00. The number of amides is 1. The van der Waals surface area contributed by atoms with E-state index in [2.05, 4.69) is 5.32 Å². The molecule has 13 nitrogen and oxygen atoms in total. The van der Waals surface area contributed by atoms with Crippen molar-refractivity contribution in [3.05, 3.63) is 23.8 Å². The Morgan fingerprint density at radius 1 is 0.889 bits per heavy atom. The van der Waals surface area contributed by atoms with Gasteiger partial charge in [-0.2, -0.15) is 0 Å². The Morgan fingerprint density at radius 2 is 1.53 bits per heavy atom. The van der Waals surface area contributed by atoms with E-state index in [9.17, 15) is 24.0 Å². The molecule has 0 spiro atoms. The highest BCUT2D eigenvalue weighted by atomic mass is 16.7. The van der Waals surface area contributed by atoms with Crippen molar-refractivity contribution in [2.75, 3.05) is 20.8 Å². The van der Waals surface area contributed by atoms with E-state index in [-0.39, 0.29) is 23.7 Å². The second-order valence-corrected chi connectivity index (χ2v) is 7.69. The molecule has 0 aliphatic carbocycles. The number of hydrogen-bond donors (Lipinski definition) is 1. The molecule has 5 atom stereocenters. The van der Waals surface area contributed by atoms with Crippen LogP contribution in [0.1, 0.15) is 38.1 Å². The fourth-order valence-corrected chi connectivity index (χ4v) is 3.53. The molecule has 1 aromatic carbocycles. The summed E-state index contributed by atoms with van der Waals surface area (Å²) in [6.07, 6.45) is -5.03. The molecule has 0 aromatic heterocycles. The Kier molecular flexibility index (Phi) is 10.0. The Balaban J connectivity index is 2.52. The molecular formula is C23H29NO12. The lowest BCUT2D eigenvalue weighted by molar-refractivity contribution is -0.257. The lowest BCUT2D eigenvalue weighted by atomic mass is 9.96. The average Bonchev–Trinajstić information content (AvgIpc) is 2.80. The standard InChI is InChI=1S/C23H29NO12/c1-11(25)24-19-21(34-14(4)28)20(33-13(3)27)18(10-32-12(2)26)36-23(19)35-16-8-7-15(22(29)31-6)9-17(16)30-5/h7-9,18-21,23H,10H2,1-6H3,(H,24,25)/t18-,19+,20+,21+,23-/m1/s1. The molecule has 1 aliphatic rings. The van der Waals surface area contributed by atoms with Gasteiger partial charge in [-0.3, -0.25) is 19.2 Å². The fraction of sp³-hybridized carbons (Fsp3) is 0.522. The van der Waals surface area contributed by atoms with Gasteiger partial charge in [-0.1, -0.05) is 0 Å². The summed E-state index contributed by atoms with van der Waals surface area (Å²) in [4.78, 5) is 59.1. The van der Waals surface area contributed by atoms with E-state index in [0.717, 1.165) is 13.8 Å². The molecule has 1 heterocycles. The fourth-order valence-electron chi connectivity index (χ4n) is 3.53. The number of rotatable bonds is 9. The Labute approximate surface area is 207 Å². The van der Waals surface area contributed by atoms with Gasteiger partial charge in [-0.15, -0.1) is 0 Å². The number of nitrogens with one attached hydrogen (secondary N) is 1. The van der Waals surface area contributed by atoms with Gasteiger partial charge in [0.1, 0.15) is 18.8 Å². The van der Waals surface area contributed by atoms with Crippen molar-refractivity contribution in [1.29, 1.82) is 0 Å². The quantitative estimate of drug-likeness (QED) is 0.362. The molecule has 2 rings (SSSR count). The average molecular weight is 511 g/mol. The van der Waals surface area contributed by atoms with Gasteiger partial charge in [0.2, 0.25) is 12.2 Å². The molecule has 0 unspecified atom stereocenters. The van der Waals surface area contributed by atoms with Gasteiger partial charge in [-0.25, -0.2) is 4.79 Å². The number of carbonyl (C=O) groups excluding carboxylic acids is 5. The Bertz CT molecular complexity index is 993. The van der Waals surface area contributed by atoms with Crippen LogP contribution in [0.3, 0.4) is 0 Å². The van der Waals surface area contributed by atoms with Crippen LogP contribution >= 0.6 is 0 Å². The highest BCUT2D eigenvalue weighted by Crippen LogP contribution is 2.34. The largest absolute Gasteiger partial charge is 0.493 e. The summed E-state index contributed by atoms with van der Waals surface area (Å²) in [6, 6.07) is 3.04. The summed E-state index contributed by atoms with van der Waals surface area (Å²) < 4.78 is 37.7. The molecule has 1 aromatic rings. The number of benzene rings is 1. The zero-order chi connectivity index (χ0) is 27.0. The normalized spacial score (nSPS) is 23.0.